The zero-order valence-electron chi connectivity index (χ0n) is 2.72. The average molecular weight is 111 g/mol. The first-order chi connectivity index (χ1) is 1.73. The molecule has 0 saturated carbocycles. The van der Waals surface area contributed by atoms with E-state index < -0.39 is 5.97 Å². The van der Waals surface area contributed by atoms with E-state index in [1.54, 1.807) is 0 Å². The molecule has 0 bridgehead atoms. The summed E-state index contributed by atoms with van der Waals surface area (Å²) in [6.07, 6.45) is 0. The average Bonchev–Trinajstić information content (AvgIpc) is 0.811. The summed E-state index contributed by atoms with van der Waals surface area (Å²) in [6.45, 7) is 0.972. The van der Waals surface area contributed by atoms with Crippen molar-refractivity contribution in [3.8, 4) is 0 Å². The molecule has 0 aliphatic rings. The topological polar surface area (TPSA) is 40.1 Å². The minimum absolute atomic E-state index is 0. The van der Waals surface area contributed by atoms with Gasteiger partial charge in [0, 0.05) is 5.97 Å². The summed E-state index contributed by atoms with van der Waals surface area (Å²) in [5.41, 5.74) is 0. The van der Waals surface area contributed by atoms with Crippen LogP contribution in [-0.4, -0.2) is 5.97 Å². The van der Waals surface area contributed by atoms with Gasteiger partial charge in [0.2, 0.25) is 0 Å². The second-order valence-corrected chi connectivity index (χ2v) is 0.492. The molecule has 0 rings (SSSR count). The van der Waals surface area contributed by atoms with Crippen LogP contribution in [0.1, 0.15) is 6.92 Å². The van der Waals surface area contributed by atoms with E-state index in [0.717, 1.165) is 6.92 Å². The number of carboxylic acids is 1. The van der Waals surface area contributed by atoms with Crippen molar-refractivity contribution in [2.45, 2.75) is 6.92 Å². The van der Waals surface area contributed by atoms with Crippen molar-refractivity contribution in [1.29, 1.82) is 0 Å². The molecule has 0 aromatic heterocycles. The molecule has 0 atom stereocenters. The molecule has 0 saturated heterocycles. The number of aliphatic carboxylic acids is 1. The Morgan fingerprint density at radius 1 is 1.80 bits per heavy atom. The molecule has 0 amide bonds. The van der Waals surface area contributed by atoms with Crippen molar-refractivity contribution in [2.75, 3.05) is 0 Å². The molecule has 2 nitrogen and oxygen atoms in total. The number of carboxylic acid groups (broad SMARTS) is 1. The van der Waals surface area contributed by atoms with E-state index in [-0.39, 0.29) is 17.4 Å². The van der Waals surface area contributed by atoms with Crippen LogP contribution in [0.5, 0.6) is 0 Å². The fraction of sp³-hybridized carbons (Fsp3) is 0.500. The monoisotopic (exact) mass is 111 g/mol. The van der Waals surface area contributed by atoms with Gasteiger partial charge in [-0.2, -0.15) is 0 Å². The largest absolute Gasteiger partial charge is 3.00 e. The van der Waals surface area contributed by atoms with E-state index in [9.17, 15) is 0 Å². The van der Waals surface area contributed by atoms with Gasteiger partial charge in [0.15, 0.2) is 0 Å². The first-order valence-electron chi connectivity index (χ1n) is 0.908. The van der Waals surface area contributed by atoms with Gasteiger partial charge in [-0.15, -0.1) is 0 Å². The SMILES string of the molecule is CC(=O)[O-].[Cr+3]. The third-order valence-electron chi connectivity index (χ3n) is 0. The maximum atomic E-state index is 8.89. The van der Waals surface area contributed by atoms with Gasteiger partial charge in [0.25, 0.3) is 0 Å². The molecular weight excluding hydrogens is 108 g/mol. The zero-order chi connectivity index (χ0) is 3.58. The van der Waals surface area contributed by atoms with E-state index in [2.05, 4.69) is 0 Å². The molecule has 0 aliphatic carbocycles. The second-order valence-electron chi connectivity index (χ2n) is 0.492. The fourth-order valence-corrected chi connectivity index (χ4v) is 0. The number of hydrogen-bond acceptors (Lipinski definition) is 2. The third-order valence-corrected chi connectivity index (χ3v) is 0. The van der Waals surface area contributed by atoms with Gasteiger partial charge in [-0.3, -0.25) is 0 Å². The van der Waals surface area contributed by atoms with Crippen LogP contribution in [0.15, 0.2) is 0 Å². The van der Waals surface area contributed by atoms with Crippen LogP contribution in [0.3, 0.4) is 0 Å². The summed E-state index contributed by atoms with van der Waals surface area (Å²) < 4.78 is 0. The molecule has 0 aromatic rings. The van der Waals surface area contributed by atoms with Crippen LogP contribution < -0.4 is 5.11 Å². The van der Waals surface area contributed by atoms with Crippen LogP contribution in [0.4, 0.5) is 0 Å². The molecule has 27 valence electrons. The molecule has 0 unspecified atom stereocenters. The molecule has 1 radical (unpaired) electrons. The van der Waals surface area contributed by atoms with Gasteiger partial charge in [-0.05, 0) is 6.92 Å². The summed E-state index contributed by atoms with van der Waals surface area (Å²) in [5, 5.41) is 8.89. The van der Waals surface area contributed by atoms with E-state index in [1.165, 1.54) is 0 Å². The Morgan fingerprint density at radius 3 is 1.80 bits per heavy atom. The first-order valence-corrected chi connectivity index (χ1v) is 0.908. The molecular formula is C2H3CrO2+2. The summed E-state index contributed by atoms with van der Waals surface area (Å²) >= 11 is 0. The normalized spacial score (nSPS) is 5.00. The smallest absolute Gasteiger partial charge is 0.550 e. The van der Waals surface area contributed by atoms with Crippen molar-refractivity contribution in [2.24, 2.45) is 0 Å². The van der Waals surface area contributed by atoms with E-state index >= 15 is 0 Å². The molecule has 0 N–H and O–H groups in total. The van der Waals surface area contributed by atoms with E-state index in [4.69, 9.17) is 9.90 Å². The summed E-state index contributed by atoms with van der Waals surface area (Å²) in [6, 6.07) is 0. The predicted molar refractivity (Wildman–Crippen MR) is 10.7 cm³/mol. The van der Waals surface area contributed by atoms with Crippen LogP contribution in [0, 0.1) is 0 Å². The summed E-state index contributed by atoms with van der Waals surface area (Å²) in [5.74, 6) is -1.08. The van der Waals surface area contributed by atoms with E-state index in [1.807, 2.05) is 0 Å². The Labute approximate surface area is 40.9 Å². The van der Waals surface area contributed by atoms with Gasteiger partial charge >= 0.3 is 17.4 Å². The Kier molecular flexibility index (Phi) is 7.12. The summed E-state index contributed by atoms with van der Waals surface area (Å²) in [4.78, 5) is 8.89. The van der Waals surface area contributed by atoms with Crippen LogP contribution in [0.25, 0.3) is 0 Å². The molecule has 3 heteroatoms. The first kappa shape index (κ1) is 8.89. The standard InChI is InChI=1S/C2H4O2.Cr/c1-2(3)4;/h1H3,(H,3,4);/q;+3/p-1. The maximum absolute atomic E-state index is 8.89. The van der Waals surface area contributed by atoms with Gasteiger partial charge in [-0.1, -0.05) is 0 Å². The molecule has 5 heavy (non-hydrogen) atoms. The molecule has 0 aromatic carbocycles. The molecule has 0 heterocycles. The number of rotatable bonds is 0. The van der Waals surface area contributed by atoms with Crippen molar-refractivity contribution in [3.05, 3.63) is 0 Å². The third kappa shape index (κ3) is 2640000. The van der Waals surface area contributed by atoms with Gasteiger partial charge in [0.05, 0.1) is 0 Å². The maximum Gasteiger partial charge on any atom is 3.00 e. The Hall–Kier alpha value is 0.00247. The van der Waals surface area contributed by atoms with Crippen molar-refractivity contribution in [1.82, 2.24) is 0 Å². The van der Waals surface area contributed by atoms with Crippen LogP contribution in [-0.2, 0) is 22.2 Å². The molecule has 0 aliphatic heterocycles. The van der Waals surface area contributed by atoms with Gasteiger partial charge in [-0.25, -0.2) is 0 Å². The Morgan fingerprint density at radius 2 is 1.80 bits per heavy atom. The van der Waals surface area contributed by atoms with Gasteiger partial charge in [0.1, 0.15) is 0 Å². The second kappa shape index (κ2) is 4.00. The predicted octanol–water partition coefficient (Wildman–Crippen LogP) is -1.25. The summed E-state index contributed by atoms with van der Waals surface area (Å²) in [7, 11) is 0. The Bertz CT molecular complexity index is 30.6. The fourth-order valence-electron chi connectivity index (χ4n) is 0. The molecule has 0 spiro atoms. The van der Waals surface area contributed by atoms with Gasteiger partial charge < -0.3 is 9.90 Å². The number of hydrogen-bond donors (Lipinski definition) is 0. The van der Waals surface area contributed by atoms with Crippen molar-refractivity contribution in [3.63, 3.8) is 0 Å². The number of carbonyl (C=O) groups excluding carboxylic acids is 1. The Balaban J connectivity index is 0. The van der Waals surface area contributed by atoms with E-state index in [0.29, 0.717) is 0 Å². The number of carbonyl (C=O) groups is 1. The zero-order valence-corrected chi connectivity index (χ0v) is 4.00. The minimum atomic E-state index is -1.08. The van der Waals surface area contributed by atoms with Crippen molar-refractivity contribution < 1.29 is 27.3 Å². The molecule has 0 fully saturated rings. The minimum Gasteiger partial charge on any atom is -0.550 e. The van der Waals surface area contributed by atoms with Crippen molar-refractivity contribution >= 4 is 5.97 Å². The quantitative estimate of drug-likeness (QED) is 0.392. The van der Waals surface area contributed by atoms with Crippen LogP contribution in [0.2, 0.25) is 0 Å². The van der Waals surface area contributed by atoms with Crippen LogP contribution >= 0.6 is 0 Å².